The molecule has 2 heterocycles. The largest absolute Gasteiger partial charge is 0.486 e. The van der Waals surface area contributed by atoms with Gasteiger partial charge in [-0.1, -0.05) is 12.1 Å². The second-order valence-corrected chi connectivity index (χ2v) is 5.85. The third-order valence-electron chi connectivity index (χ3n) is 3.95. The number of nitrogens with zero attached hydrogens (tertiary/aromatic N) is 1. The van der Waals surface area contributed by atoms with Gasteiger partial charge in [-0.15, -0.1) is 0 Å². The van der Waals surface area contributed by atoms with Gasteiger partial charge >= 0.3 is 0 Å². The summed E-state index contributed by atoms with van der Waals surface area (Å²) in [6, 6.07) is 14.8. The van der Waals surface area contributed by atoms with Gasteiger partial charge in [-0.05, 0) is 36.4 Å². The zero-order valence-corrected chi connectivity index (χ0v) is 14.2. The predicted octanol–water partition coefficient (Wildman–Crippen LogP) is 3.99. The molecule has 0 radical (unpaired) electrons. The average Bonchev–Trinajstić information content (AvgIpc) is 2.70. The average molecular weight is 365 g/mol. The van der Waals surface area contributed by atoms with E-state index in [1.807, 2.05) is 18.2 Å². The smallest absolute Gasteiger partial charge is 0.259 e. The highest BCUT2D eigenvalue weighted by Crippen LogP contribution is 2.33. The van der Waals surface area contributed by atoms with E-state index in [1.54, 1.807) is 24.4 Å². The van der Waals surface area contributed by atoms with Crippen molar-refractivity contribution in [1.29, 1.82) is 0 Å². The van der Waals surface area contributed by atoms with Gasteiger partial charge in [-0.25, -0.2) is 9.37 Å². The molecular formula is C20H16FN3O3. The number of aromatic nitrogens is 1. The van der Waals surface area contributed by atoms with Crippen LogP contribution in [0.2, 0.25) is 0 Å². The molecule has 0 fully saturated rings. The number of carbonyl (C=O) groups is 1. The first kappa shape index (κ1) is 16.8. The number of carbonyl (C=O) groups excluding carboxylic acids is 1. The van der Waals surface area contributed by atoms with Gasteiger partial charge in [-0.2, -0.15) is 0 Å². The summed E-state index contributed by atoms with van der Waals surface area (Å²) in [4.78, 5) is 16.3. The molecule has 0 saturated heterocycles. The lowest BCUT2D eigenvalue weighted by molar-refractivity contribution is 0.102. The fraction of sp³-hybridized carbons (Fsp3) is 0.100. The maximum Gasteiger partial charge on any atom is 0.259 e. The maximum atomic E-state index is 13.7. The van der Waals surface area contributed by atoms with Crippen molar-refractivity contribution >= 4 is 23.1 Å². The van der Waals surface area contributed by atoms with Crippen LogP contribution in [0.3, 0.4) is 0 Å². The molecule has 1 aromatic heterocycles. The van der Waals surface area contributed by atoms with E-state index in [0.717, 1.165) is 17.1 Å². The van der Waals surface area contributed by atoms with E-state index in [-0.39, 0.29) is 5.56 Å². The number of pyridine rings is 1. The molecule has 4 rings (SSSR count). The SMILES string of the molecule is O=C(Nc1ccc(Nc2ccc3c(c2)OCCO3)cn1)c1ccccc1F. The standard InChI is InChI=1S/C20H16FN3O3/c21-16-4-2-1-3-15(16)20(25)24-19-8-6-14(12-22-19)23-13-5-7-17-18(11-13)27-10-9-26-17/h1-8,11-12,23H,9-10H2,(H,22,24,25). The summed E-state index contributed by atoms with van der Waals surface area (Å²) < 4.78 is 24.7. The van der Waals surface area contributed by atoms with Gasteiger partial charge in [0.1, 0.15) is 24.8 Å². The van der Waals surface area contributed by atoms with Gasteiger partial charge < -0.3 is 20.1 Å². The number of hydrogen-bond acceptors (Lipinski definition) is 5. The molecule has 6 nitrogen and oxygen atoms in total. The molecule has 0 saturated carbocycles. The molecular weight excluding hydrogens is 349 g/mol. The molecule has 1 aliphatic rings. The number of nitrogens with one attached hydrogen (secondary N) is 2. The summed E-state index contributed by atoms with van der Waals surface area (Å²) in [7, 11) is 0. The maximum absolute atomic E-state index is 13.7. The predicted molar refractivity (Wildman–Crippen MR) is 99.3 cm³/mol. The molecule has 0 bridgehead atoms. The number of ether oxygens (including phenoxy) is 2. The Morgan fingerprint density at radius 2 is 1.74 bits per heavy atom. The van der Waals surface area contributed by atoms with Crippen molar-refractivity contribution in [2.24, 2.45) is 0 Å². The highest BCUT2D eigenvalue weighted by Gasteiger charge is 2.13. The Kier molecular flexibility index (Phi) is 4.57. The lowest BCUT2D eigenvalue weighted by Gasteiger charge is -2.19. The quantitative estimate of drug-likeness (QED) is 0.731. The van der Waals surface area contributed by atoms with Crippen molar-refractivity contribution in [2.45, 2.75) is 0 Å². The third kappa shape index (κ3) is 3.82. The van der Waals surface area contributed by atoms with E-state index >= 15 is 0 Å². The lowest BCUT2D eigenvalue weighted by Crippen LogP contribution is -2.15. The molecule has 0 spiro atoms. The summed E-state index contributed by atoms with van der Waals surface area (Å²) in [5, 5.41) is 5.78. The number of benzene rings is 2. The molecule has 136 valence electrons. The van der Waals surface area contributed by atoms with Crippen LogP contribution in [0.4, 0.5) is 21.6 Å². The Labute approximate surface area is 155 Å². The van der Waals surface area contributed by atoms with E-state index < -0.39 is 11.7 Å². The van der Waals surface area contributed by atoms with Crippen LogP contribution < -0.4 is 20.1 Å². The molecule has 1 amide bonds. The van der Waals surface area contributed by atoms with Crippen molar-refractivity contribution in [1.82, 2.24) is 4.98 Å². The highest BCUT2D eigenvalue weighted by atomic mass is 19.1. The number of hydrogen-bond donors (Lipinski definition) is 2. The molecule has 3 aromatic rings. The topological polar surface area (TPSA) is 72.5 Å². The molecule has 0 unspecified atom stereocenters. The molecule has 27 heavy (non-hydrogen) atoms. The van der Waals surface area contributed by atoms with Crippen molar-refractivity contribution in [2.75, 3.05) is 23.8 Å². The summed E-state index contributed by atoms with van der Waals surface area (Å²) >= 11 is 0. The molecule has 7 heteroatoms. The van der Waals surface area contributed by atoms with Crippen LogP contribution in [0.1, 0.15) is 10.4 Å². The number of halogens is 1. The number of amides is 1. The molecule has 2 N–H and O–H groups in total. The summed E-state index contributed by atoms with van der Waals surface area (Å²) in [6.45, 7) is 1.07. The fourth-order valence-electron chi connectivity index (χ4n) is 2.66. The number of anilines is 3. The minimum atomic E-state index is -0.577. The fourth-order valence-corrected chi connectivity index (χ4v) is 2.66. The second kappa shape index (κ2) is 7.33. The van der Waals surface area contributed by atoms with Gasteiger partial charge in [0, 0.05) is 11.8 Å². The Hall–Kier alpha value is -3.61. The molecule has 0 atom stereocenters. The Morgan fingerprint density at radius 1 is 0.963 bits per heavy atom. The summed E-state index contributed by atoms with van der Waals surface area (Å²) in [5.74, 6) is 0.611. The minimum Gasteiger partial charge on any atom is -0.486 e. The van der Waals surface area contributed by atoms with E-state index in [0.29, 0.717) is 24.8 Å². The van der Waals surface area contributed by atoms with Crippen LogP contribution in [-0.2, 0) is 0 Å². The number of fused-ring (bicyclic) bond motifs is 1. The van der Waals surface area contributed by atoms with Crippen molar-refractivity contribution < 1.29 is 18.7 Å². The monoisotopic (exact) mass is 365 g/mol. The third-order valence-corrected chi connectivity index (χ3v) is 3.95. The normalized spacial score (nSPS) is 12.3. The minimum absolute atomic E-state index is 0.0298. The lowest BCUT2D eigenvalue weighted by atomic mass is 10.2. The zero-order chi connectivity index (χ0) is 18.6. The van der Waals surface area contributed by atoms with E-state index in [4.69, 9.17) is 9.47 Å². The van der Waals surface area contributed by atoms with Gasteiger partial charge in [0.05, 0.1) is 17.4 Å². The van der Waals surface area contributed by atoms with Crippen molar-refractivity contribution in [3.8, 4) is 11.5 Å². The Balaban J connectivity index is 1.43. The first-order chi connectivity index (χ1) is 13.2. The van der Waals surface area contributed by atoms with E-state index in [2.05, 4.69) is 15.6 Å². The summed E-state index contributed by atoms with van der Waals surface area (Å²) in [5.41, 5.74) is 1.53. The van der Waals surface area contributed by atoms with E-state index in [1.165, 1.54) is 18.2 Å². The van der Waals surface area contributed by atoms with Crippen molar-refractivity contribution in [3.05, 3.63) is 72.2 Å². The van der Waals surface area contributed by atoms with E-state index in [9.17, 15) is 9.18 Å². The van der Waals surface area contributed by atoms with Crippen LogP contribution >= 0.6 is 0 Å². The first-order valence-corrected chi connectivity index (χ1v) is 8.38. The number of rotatable bonds is 4. The Bertz CT molecular complexity index is 976. The van der Waals surface area contributed by atoms with Crippen molar-refractivity contribution in [3.63, 3.8) is 0 Å². The van der Waals surface area contributed by atoms with Gasteiger partial charge in [0.2, 0.25) is 0 Å². The van der Waals surface area contributed by atoms with Gasteiger partial charge in [-0.3, -0.25) is 4.79 Å². The highest BCUT2D eigenvalue weighted by molar-refractivity contribution is 6.03. The van der Waals surface area contributed by atoms with Crippen LogP contribution in [0.15, 0.2) is 60.8 Å². The van der Waals surface area contributed by atoms with Crippen LogP contribution in [0.5, 0.6) is 11.5 Å². The molecule has 1 aliphatic heterocycles. The molecule has 2 aromatic carbocycles. The van der Waals surface area contributed by atoms with Crippen LogP contribution in [0.25, 0.3) is 0 Å². The van der Waals surface area contributed by atoms with Crippen LogP contribution in [0, 0.1) is 5.82 Å². The van der Waals surface area contributed by atoms with Crippen LogP contribution in [-0.4, -0.2) is 24.1 Å². The summed E-state index contributed by atoms with van der Waals surface area (Å²) in [6.07, 6.45) is 1.58. The van der Waals surface area contributed by atoms with Gasteiger partial charge in [0.25, 0.3) is 5.91 Å². The Morgan fingerprint density at radius 3 is 2.52 bits per heavy atom. The van der Waals surface area contributed by atoms with Gasteiger partial charge in [0.15, 0.2) is 11.5 Å². The second-order valence-electron chi connectivity index (χ2n) is 5.85. The molecule has 0 aliphatic carbocycles. The zero-order valence-electron chi connectivity index (χ0n) is 14.2. The first-order valence-electron chi connectivity index (χ1n) is 8.38.